The molecule has 3 aromatic carbocycles. The topological polar surface area (TPSA) is 91.6 Å². The van der Waals surface area contributed by atoms with Crippen molar-refractivity contribution in [3.63, 3.8) is 0 Å². The number of para-hydroxylation sites is 3. The van der Waals surface area contributed by atoms with E-state index in [1.165, 1.54) is 0 Å². The molecule has 8 heteroatoms. The van der Waals surface area contributed by atoms with Gasteiger partial charge in [0, 0.05) is 44.5 Å². The summed E-state index contributed by atoms with van der Waals surface area (Å²) >= 11 is 0. The minimum absolute atomic E-state index is 0.274. The van der Waals surface area contributed by atoms with Crippen LogP contribution in [0.1, 0.15) is 69.6 Å². The summed E-state index contributed by atoms with van der Waals surface area (Å²) < 4.78 is 14.8. The molecule has 0 saturated heterocycles. The molecular weight excluding hydrogens is 554 g/mol. The molecule has 0 bridgehead atoms. The van der Waals surface area contributed by atoms with E-state index in [4.69, 9.17) is 9.47 Å². The molecule has 0 radical (unpaired) electrons. The minimum Gasteiger partial charge on any atom is -0.443 e. The molecule has 44 heavy (non-hydrogen) atoms. The van der Waals surface area contributed by atoms with Crippen LogP contribution in [0.25, 0.3) is 21.8 Å². The lowest BCUT2D eigenvalue weighted by Gasteiger charge is -2.30. The Balaban J connectivity index is 1.78. The lowest BCUT2D eigenvalue weighted by molar-refractivity contribution is -0.118. The number of carbonyl (C=O) groups is 3. The molecule has 6 rings (SSSR count). The van der Waals surface area contributed by atoms with E-state index in [-0.39, 0.29) is 5.91 Å². The van der Waals surface area contributed by atoms with Gasteiger partial charge in [-0.3, -0.25) is 4.79 Å². The van der Waals surface area contributed by atoms with Crippen molar-refractivity contribution in [2.75, 3.05) is 5.32 Å². The highest BCUT2D eigenvalue weighted by Crippen LogP contribution is 2.54. The Hall–Kier alpha value is -4.85. The number of anilines is 1. The van der Waals surface area contributed by atoms with Crippen molar-refractivity contribution in [2.45, 2.75) is 72.0 Å². The average Bonchev–Trinajstić information content (AvgIpc) is 3.50. The summed E-state index contributed by atoms with van der Waals surface area (Å²) in [6.07, 6.45) is -1.07. The van der Waals surface area contributed by atoms with Gasteiger partial charge in [0.2, 0.25) is 5.91 Å². The molecule has 226 valence electrons. The summed E-state index contributed by atoms with van der Waals surface area (Å²) in [6.45, 7) is 14.6. The zero-order valence-corrected chi connectivity index (χ0v) is 26.4. The van der Waals surface area contributed by atoms with Gasteiger partial charge in [0.25, 0.3) is 0 Å². The number of benzene rings is 3. The van der Waals surface area contributed by atoms with Crippen LogP contribution in [0.15, 0.2) is 72.8 Å². The first-order chi connectivity index (χ1) is 20.7. The van der Waals surface area contributed by atoms with Gasteiger partial charge < -0.3 is 14.8 Å². The number of nitrogens with zero attached hydrogens (tertiary/aromatic N) is 2. The molecular formula is C36H37N3O5. The SMILES string of the molecule is Cc1c(C2(c3c(C)n(C(=O)OC(C)(C)C)c4ccccc34)C(=O)Nc3ccccc32)c2ccccc2n1C(=O)OC(C)(C)C. The van der Waals surface area contributed by atoms with Crippen molar-refractivity contribution < 1.29 is 23.9 Å². The molecule has 0 fully saturated rings. The van der Waals surface area contributed by atoms with E-state index in [1.807, 2.05) is 128 Å². The molecule has 1 aliphatic heterocycles. The van der Waals surface area contributed by atoms with Crippen LogP contribution in [0.4, 0.5) is 15.3 Å². The van der Waals surface area contributed by atoms with Crippen LogP contribution in [0.3, 0.4) is 0 Å². The Morgan fingerprint density at radius 2 is 1.07 bits per heavy atom. The lowest BCUT2D eigenvalue weighted by Crippen LogP contribution is -2.39. The third kappa shape index (κ3) is 4.31. The van der Waals surface area contributed by atoms with Gasteiger partial charge >= 0.3 is 12.2 Å². The number of hydrogen-bond acceptors (Lipinski definition) is 5. The van der Waals surface area contributed by atoms with Crippen LogP contribution in [-0.4, -0.2) is 38.4 Å². The third-order valence-electron chi connectivity index (χ3n) is 8.05. The second-order valence-corrected chi connectivity index (χ2v) is 13.3. The Morgan fingerprint density at radius 3 is 1.52 bits per heavy atom. The molecule has 2 aromatic heterocycles. The van der Waals surface area contributed by atoms with Crippen LogP contribution in [0.5, 0.6) is 0 Å². The number of amides is 1. The molecule has 3 heterocycles. The van der Waals surface area contributed by atoms with Gasteiger partial charge in [-0.25, -0.2) is 18.7 Å². The second-order valence-electron chi connectivity index (χ2n) is 13.3. The number of ether oxygens (including phenoxy) is 2. The van der Waals surface area contributed by atoms with Gasteiger partial charge in [-0.15, -0.1) is 0 Å². The number of aromatic nitrogens is 2. The summed E-state index contributed by atoms with van der Waals surface area (Å²) in [6, 6.07) is 22.7. The third-order valence-corrected chi connectivity index (χ3v) is 8.05. The molecule has 5 aromatic rings. The van der Waals surface area contributed by atoms with Gasteiger partial charge in [0.1, 0.15) is 16.6 Å². The number of rotatable bonds is 2. The predicted octanol–water partition coefficient (Wildman–Crippen LogP) is 8.07. The Labute approximate surface area is 256 Å². The maximum atomic E-state index is 14.8. The largest absolute Gasteiger partial charge is 0.443 e. The van der Waals surface area contributed by atoms with Gasteiger partial charge in [-0.05, 0) is 73.6 Å². The van der Waals surface area contributed by atoms with Crippen molar-refractivity contribution in [3.8, 4) is 0 Å². The number of nitrogens with one attached hydrogen (secondary N) is 1. The van der Waals surface area contributed by atoms with Crippen molar-refractivity contribution in [3.05, 3.63) is 101 Å². The van der Waals surface area contributed by atoms with Crippen molar-refractivity contribution in [2.24, 2.45) is 0 Å². The Morgan fingerprint density at radius 1 is 0.659 bits per heavy atom. The minimum atomic E-state index is -1.43. The average molecular weight is 592 g/mol. The fourth-order valence-corrected chi connectivity index (χ4v) is 6.65. The van der Waals surface area contributed by atoms with Gasteiger partial charge in [-0.2, -0.15) is 0 Å². The first kappa shape index (κ1) is 29.2. The molecule has 1 amide bonds. The van der Waals surface area contributed by atoms with Gasteiger partial charge in [0.15, 0.2) is 0 Å². The standard InChI is InChI=1S/C36H37N3O5/c1-21-29(23-15-9-13-19-27(23)38(21)32(41)43-34(3,4)5)36(25-17-11-12-18-26(25)37-31(36)40)30-22(2)39(33(42)44-35(6,7)8)28-20-14-10-16-24(28)30/h9-20H,1-8H3,(H,37,40). The van der Waals surface area contributed by atoms with E-state index >= 15 is 0 Å². The first-order valence-corrected chi connectivity index (χ1v) is 14.8. The molecule has 0 unspecified atom stereocenters. The van der Waals surface area contributed by atoms with E-state index in [0.717, 1.165) is 16.3 Å². The Bertz CT molecular complexity index is 1890. The molecule has 0 saturated carbocycles. The van der Waals surface area contributed by atoms with E-state index in [2.05, 4.69) is 5.32 Å². The highest BCUT2D eigenvalue weighted by Gasteiger charge is 2.55. The van der Waals surface area contributed by atoms with Crippen LogP contribution in [0, 0.1) is 13.8 Å². The van der Waals surface area contributed by atoms with E-state index in [9.17, 15) is 14.4 Å². The monoisotopic (exact) mass is 591 g/mol. The number of fused-ring (bicyclic) bond motifs is 3. The second kappa shape index (κ2) is 9.84. The smallest absolute Gasteiger partial charge is 0.419 e. The molecule has 0 atom stereocenters. The van der Waals surface area contributed by atoms with Crippen LogP contribution in [-0.2, 0) is 19.7 Å². The van der Waals surface area contributed by atoms with Crippen molar-refractivity contribution in [1.29, 1.82) is 0 Å². The first-order valence-electron chi connectivity index (χ1n) is 14.8. The van der Waals surface area contributed by atoms with Crippen LogP contribution in [0.2, 0.25) is 0 Å². The lowest BCUT2D eigenvalue weighted by atomic mass is 9.68. The molecule has 1 aliphatic rings. The molecule has 0 aliphatic carbocycles. The van der Waals surface area contributed by atoms with Crippen LogP contribution < -0.4 is 5.32 Å². The Kier molecular flexibility index (Phi) is 6.54. The highest BCUT2D eigenvalue weighted by molar-refractivity contribution is 6.17. The highest BCUT2D eigenvalue weighted by atomic mass is 16.6. The van der Waals surface area contributed by atoms with E-state index in [1.54, 1.807) is 9.13 Å². The van der Waals surface area contributed by atoms with E-state index < -0.39 is 28.8 Å². The normalized spacial score (nSPS) is 14.5. The molecule has 1 N–H and O–H groups in total. The maximum absolute atomic E-state index is 14.8. The predicted molar refractivity (Wildman–Crippen MR) is 172 cm³/mol. The zero-order valence-electron chi connectivity index (χ0n) is 26.4. The summed E-state index contributed by atoms with van der Waals surface area (Å²) in [4.78, 5) is 42.3. The maximum Gasteiger partial charge on any atom is 0.419 e. The van der Waals surface area contributed by atoms with Crippen molar-refractivity contribution >= 4 is 45.6 Å². The summed E-state index contributed by atoms with van der Waals surface area (Å²) in [7, 11) is 0. The quantitative estimate of drug-likeness (QED) is 0.224. The van der Waals surface area contributed by atoms with E-state index in [0.29, 0.717) is 39.2 Å². The van der Waals surface area contributed by atoms with Crippen LogP contribution >= 0.6 is 0 Å². The summed E-state index contributed by atoms with van der Waals surface area (Å²) in [5.74, 6) is -0.274. The molecule has 8 nitrogen and oxygen atoms in total. The van der Waals surface area contributed by atoms with Gasteiger partial charge in [-0.1, -0.05) is 54.6 Å². The molecule has 0 spiro atoms. The van der Waals surface area contributed by atoms with Gasteiger partial charge in [0.05, 0.1) is 11.0 Å². The zero-order chi connectivity index (χ0) is 31.8. The summed E-state index contributed by atoms with van der Waals surface area (Å²) in [5.41, 5.74) is 2.19. The fraction of sp³-hybridized carbons (Fsp3) is 0.306. The number of carbonyl (C=O) groups excluding carboxylic acids is 3. The fourth-order valence-electron chi connectivity index (χ4n) is 6.65. The summed E-state index contributed by atoms with van der Waals surface area (Å²) in [5, 5.41) is 4.60. The van der Waals surface area contributed by atoms with Crippen molar-refractivity contribution in [1.82, 2.24) is 9.13 Å². The number of hydrogen-bond donors (Lipinski definition) is 1.